The number of carbonyl (C=O) groups is 2. The highest BCUT2D eigenvalue weighted by molar-refractivity contribution is 5.98. The Bertz CT molecular complexity index is 1010. The van der Waals surface area contributed by atoms with Gasteiger partial charge in [-0.15, -0.1) is 0 Å². The fourth-order valence-electron chi connectivity index (χ4n) is 3.07. The summed E-state index contributed by atoms with van der Waals surface area (Å²) in [6.07, 6.45) is 1.96. The molecule has 1 aliphatic carbocycles. The first kappa shape index (κ1) is 18.0. The average molecular weight is 373 g/mol. The molecule has 0 spiro atoms. The quantitative estimate of drug-likeness (QED) is 0.590. The Balaban J connectivity index is 1.34. The van der Waals surface area contributed by atoms with E-state index in [-0.39, 0.29) is 17.7 Å². The maximum atomic E-state index is 12.5. The summed E-state index contributed by atoms with van der Waals surface area (Å²) in [6.45, 7) is 1.82. The Hall–Kier alpha value is -3.34. The van der Waals surface area contributed by atoms with Gasteiger partial charge in [-0.05, 0) is 66.9 Å². The lowest BCUT2D eigenvalue weighted by Gasteiger charge is -2.16. The predicted molar refractivity (Wildman–Crippen MR) is 113 cm³/mol. The third kappa shape index (κ3) is 4.31. The minimum Gasteiger partial charge on any atom is -0.374 e. The van der Waals surface area contributed by atoms with Crippen LogP contribution in [0.4, 0.5) is 17.1 Å². The van der Waals surface area contributed by atoms with Gasteiger partial charge in [0.25, 0.3) is 0 Å². The first-order valence-corrected chi connectivity index (χ1v) is 9.55. The molecule has 1 atom stereocenters. The molecule has 3 aromatic carbocycles. The van der Waals surface area contributed by atoms with Crippen LogP contribution in [-0.4, -0.2) is 17.9 Å². The van der Waals surface area contributed by atoms with Gasteiger partial charge in [0, 0.05) is 23.0 Å². The Labute approximate surface area is 164 Å². The van der Waals surface area contributed by atoms with Crippen molar-refractivity contribution in [3.05, 3.63) is 66.7 Å². The highest BCUT2D eigenvalue weighted by atomic mass is 16.2. The molecule has 1 aliphatic rings. The number of rotatable bonds is 6. The van der Waals surface area contributed by atoms with Gasteiger partial charge in [0.1, 0.15) is 6.04 Å². The second-order valence-electron chi connectivity index (χ2n) is 7.26. The van der Waals surface area contributed by atoms with E-state index in [9.17, 15) is 9.59 Å². The molecule has 0 aromatic heterocycles. The number of carbonyl (C=O) groups excluding carboxylic acids is 2. The van der Waals surface area contributed by atoms with Crippen molar-refractivity contribution < 1.29 is 9.59 Å². The number of benzene rings is 3. The second-order valence-corrected chi connectivity index (χ2v) is 7.26. The first-order chi connectivity index (χ1) is 13.6. The number of hydrogen-bond acceptors (Lipinski definition) is 3. The van der Waals surface area contributed by atoms with E-state index in [0.717, 1.165) is 40.7 Å². The lowest BCUT2D eigenvalue weighted by molar-refractivity contribution is -0.117. The molecule has 4 rings (SSSR count). The van der Waals surface area contributed by atoms with Crippen LogP contribution in [-0.2, 0) is 9.59 Å². The molecule has 1 fully saturated rings. The molecule has 0 aliphatic heterocycles. The standard InChI is InChI=1S/C23H23N3O2/c1-15(22(27)26-21-9-8-16-4-2-3-5-18(16)14-21)24-19-10-12-20(13-11-19)25-23(28)17-6-7-17/h2-5,8-15,17,24H,6-7H2,1H3,(H,25,28)(H,26,27). The lowest BCUT2D eigenvalue weighted by atomic mass is 10.1. The van der Waals surface area contributed by atoms with Crippen LogP contribution in [0.2, 0.25) is 0 Å². The summed E-state index contributed by atoms with van der Waals surface area (Å²) in [5.41, 5.74) is 2.37. The highest BCUT2D eigenvalue weighted by Crippen LogP contribution is 2.30. The van der Waals surface area contributed by atoms with Gasteiger partial charge in [-0.3, -0.25) is 9.59 Å². The van der Waals surface area contributed by atoms with Gasteiger partial charge >= 0.3 is 0 Å². The smallest absolute Gasteiger partial charge is 0.246 e. The molecular formula is C23H23N3O2. The van der Waals surface area contributed by atoms with Crippen molar-refractivity contribution in [2.75, 3.05) is 16.0 Å². The van der Waals surface area contributed by atoms with Gasteiger partial charge in [0.2, 0.25) is 11.8 Å². The zero-order valence-corrected chi connectivity index (χ0v) is 15.7. The van der Waals surface area contributed by atoms with Gasteiger partial charge < -0.3 is 16.0 Å². The van der Waals surface area contributed by atoms with E-state index in [4.69, 9.17) is 0 Å². The van der Waals surface area contributed by atoms with Crippen molar-refractivity contribution in [3.8, 4) is 0 Å². The SMILES string of the molecule is CC(Nc1ccc(NC(=O)C2CC2)cc1)C(=O)Nc1ccc2ccccc2c1. The molecule has 0 bridgehead atoms. The summed E-state index contributed by atoms with van der Waals surface area (Å²) in [5.74, 6) is 0.155. The number of fused-ring (bicyclic) bond motifs is 1. The topological polar surface area (TPSA) is 70.2 Å². The Kier molecular flexibility index (Phi) is 4.98. The van der Waals surface area contributed by atoms with Crippen LogP contribution in [0.1, 0.15) is 19.8 Å². The number of nitrogens with one attached hydrogen (secondary N) is 3. The van der Waals surface area contributed by atoms with Crippen LogP contribution in [0.3, 0.4) is 0 Å². The predicted octanol–water partition coefficient (Wildman–Crippen LogP) is 4.63. The van der Waals surface area contributed by atoms with Crippen molar-refractivity contribution in [2.45, 2.75) is 25.8 Å². The third-order valence-corrected chi connectivity index (χ3v) is 4.89. The molecule has 3 N–H and O–H groups in total. The van der Waals surface area contributed by atoms with Crippen LogP contribution in [0.25, 0.3) is 10.8 Å². The fourth-order valence-corrected chi connectivity index (χ4v) is 3.07. The van der Waals surface area contributed by atoms with Gasteiger partial charge in [-0.25, -0.2) is 0 Å². The van der Waals surface area contributed by atoms with Crippen molar-refractivity contribution >= 4 is 39.6 Å². The van der Waals surface area contributed by atoms with Crippen molar-refractivity contribution in [1.29, 1.82) is 0 Å². The molecule has 5 heteroatoms. The summed E-state index contributed by atoms with van der Waals surface area (Å²) in [7, 11) is 0. The van der Waals surface area contributed by atoms with Crippen molar-refractivity contribution in [2.24, 2.45) is 5.92 Å². The molecular weight excluding hydrogens is 350 g/mol. The Morgan fingerprint density at radius 1 is 0.821 bits per heavy atom. The van der Waals surface area contributed by atoms with Crippen LogP contribution >= 0.6 is 0 Å². The molecule has 0 radical (unpaired) electrons. The fraction of sp³-hybridized carbons (Fsp3) is 0.217. The lowest BCUT2D eigenvalue weighted by Crippen LogP contribution is -2.31. The molecule has 28 heavy (non-hydrogen) atoms. The molecule has 142 valence electrons. The molecule has 5 nitrogen and oxygen atoms in total. The van der Waals surface area contributed by atoms with E-state index in [1.807, 2.05) is 73.7 Å². The summed E-state index contributed by atoms with van der Waals surface area (Å²) in [4.78, 5) is 24.3. The second kappa shape index (κ2) is 7.72. The van der Waals surface area contributed by atoms with E-state index in [1.54, 1.807) is 0 Å². The summed E-state index contributed by atoms with van der Waals surface area (Å²) in [6, 6.07) is 20.9. The molecule has 3 aromatic rings. The maximum absolute atomic E-state index is 12.5. The third-order valence-electron chi connectivity index (χ3n) is 4.89. The molecule has 1 saturated carbocycles. The van der Waals surface area contributed by atoms with Gasteiger partial charge in [0.15, 0.2) is 0 Å². The molecule has 2 amide bonds. The number of anilines is 3. The maximum Gasteiger partial charge on any atom is 0.246 e. The van der Waals surface area contributed by atoms with E-state index < -0.39 is 6.04 Å². The Morgan fingerprint density at radius 3 is 2.18 bits per heavy atom. The largest absolute Gasteiger partial charge is 0.374 e. The van der Waals surface area contributed by atoms with E-state index in [0.29, 0.717) is 0 Å². The minimum atomic E-state index is -0.404. The summed E-state index contributed by atoms with van der Waals surface area (Å²) < 4.78 is 0. The number of amides is 2. The molecule has 0 saturated heterocycles. The van der Waals surface area contributed by atoms with Crippen molar-refractivity contribution in [1.82, 2.24) is 0 Å². The summed E-state index contributed by atoms with van der Waals surface area (Å²) in [5, 5.41) is 11.3. The monoisotopic (exact) mass is 373 g/mol. The Morgan fingerprint density at radius 2 is 1.46 bits per heavy atom. The normalized spacial score (nSPS) is 14.3. The van der Waals surface area contributed by atoms with Gasteiger partial charge in [-0.2, -0.15) is 0 Å². The molecule has 0 heterocycles. The zero-order chi connectivity index (χ0) is 19.5. The van der Waals surface area contributed by atoms with E-state index in [2.05, 4.69) is 16.0 Å². The van der Waals surface area contributed by atoms with Crippen LogP contribution < -0.4 is 16.0 Å². The molecule has 1 unspecified atom stereocenters. The van der Waals surface area contributed by atoms with Crippen LogP contribution in [0, 0.1) is 5.92 Å². The zero-order valence-electron chi connectivity index (χ0n) is 15.7. The van der Waals surface area contributed by atoms with E-state index >= 15 is 0 Å². The summed E-state index contributed by atoms with van der Waals surface area (Å²) >= 11 is 0. The minimum absolute atomic E-state index is 0.0869. The van der Waals surface area contributed by atoms with E-state index in [1.165, 1.54) is 0 Å². The first-order valence-electron chi connectivity index (χ1n) is 9.55. The van der Waals surface area contributed by atoms with Crippen LogP contribution in [0.15, 0.2) is 66.7 Å². The highest BCUT2D eigenvalue weighted by Gasteiger charge is 2.29. The van der Waals surface area contributed by atoms with Crippen LogP contribution in [0.5, 0.6) is 0 Å². The van der Waals surface area contributed by atoms with Gasteiger partial charge in [0.05, 0.1) is 0 Å². The number of hydrogen-bond donors (Lipinski definition) is 3. The van der Waals surface area contributed by atoms with Crippen molar-refractivity contribution in [3.63, 3.8) is 0 Å². The van der Waals surface area contributed by atoms with Gasteiger partial charge in [-0.1, -0.05) is 30.3 Å². The average Bonchev–Trinajstić information content (AvgIpc) is 3.55.